The summed E-state index contributed by atoms with van der Waals surface area (Å²) in [5, 5.41) is 11.1. The van der Waals surface area contributed by atoms with Crippen molar-refractivity contribution in [3.05, 3.63) is 93.0 Å². The predicted molar refractivity (Wildman–Crippen MR) is 115 cm³/mol. The number of nitro groups is 1. The van der Waals surface area contributed by atoms with Gasteiger partial charge in [-0.15, -0.1) is 0 Å². The number of hydrogen-bond donors (Lipinski definition) is 0. The average Bonchev–Trinajstić information content (AvgIpc) is 2.68. The summed E-state index contributed by atoms with van der Waals surface area (Å²) >= 11 is 0. The minimum absolute atomic E-state index is 0.0990. The highest BCUT2D eigenvalue weighted by atomic mass is 32.2. The van der Waals surface area contributed by atoms with Crippen LogP contribution >= 0.6 is 0 Å². The molecule has 0 aliphatic rings. The van der Waals surface area contributed by atoms with E-state index in [1.165, 1.54) is 31.2 Å². The van der Waals surface area contributed by atoms with Crippen LogP contribution in [0.1, 0.15) is 22.3 Å². The van der Waals surface area contributed by atoms with E-state index in [4.69, 9.17) is 4.18 Å². The Balaban J connectivity index is 1.77. The molecule has 154 valence electrons. The Morgan fingerprint density at radius 1 is 0.933 bits per heavy atom. The molecule has 0 unspecified atom stereocenters. The molecule has 0 saturated carbocycles. The Bertz CT molecular complexity index is 1230. The van der Waals surface area contributed by atoms with Gasteiger partial charge in [0.2, 0.25) is 0 Å². The third-order valence-corrected chi connectivity index (χ3v) is 5.70. The summed E-state index contributed by atoms with van der Waals surface area (Å²) in [5.41, 5.74) is 3.93. The number of hydrogen-bond acceptors (Lipinski definition) is 6. The fourth-order valence-electron chi connectivity index (χ4n) is 2.82. The highest BCUT2D eigenvalue weighted by Gasteiger charge is 2.21. The molecule has 0 bridgehead atoms. The Kier molecular flexibility index (Phi) is 5.98. The topological polar surface area (TPSA) is 98.9 Å². The van der Waals surface area contributed by atoms with E-state index in [9.17, 15) is 18.5 Å². The molecule has 30 heavy (non-hydrogen) atoms. The minimum atomic E-state index is -4.20. The molecule has 3 aromatic carbocycles. The summed E-state index contributed by atoms with van der Waals surface area (Å²) < 4.78 is 30.1. The van der Waals surface area contributed by atoms with E-state index in [0.29, 0.717) is 5.56 Å². The highest BCUT2D eigenvalue weighted by Crippen LogP contribution is 2.25. The van der Waals surface area contributed by atoms with Crippen molar-refractivity contribution < 1.29 is 17.5 Å². The first-order valence-corrected chi connectivity index (χ1v) is 10.5. The van der Waals surface area contributed by atoms with Crippen LogP contribution in [0.3, 0.4) is 0 Å². The van der Waals surface area contributed by atoms with Crippen LogP contribution in [0.5, 0.6) is 5.75 Å². The lowest BCUT2D eigenvalue weighted by Gasteiger charge is -2.08. The van der Waals surface area contributed by atoms with Gasteiger partial charge >= 0.3 is 10.1 Å². The van der Waals surface area contributed by atoms with E-state index < -0.39 is 15.0 Å². The summed E-state index contributed by atoms with van der Waals surface area (Å²) in [6.07, 6.45) is 1.68. The molecule has 8 heteroatoms. The molecule has 0 spiro atoms. The molecule has 7 nitrogen and oxygen atoms in total. The zero-order chi connectivity index (χ0) is 21.9. The largest absolute Gasteiger partial charge is 0.379 e. The van der Waals surface area contributed by atoms with Gasteiger partial charge in [-0.25, -0.2) is 0 Å². The van der Waals surface area contributed by atoms with E-state index in [1.807, 2.05) is 32.0 Å². The van der Waals surface area contributed by atoms with Gasteiger partial charge in [-0.3, -0.25) is 15.1 Å². The van der Waals surface area contributed by atoms with Gasteiger partial charge in [0.15, 0.2) is 0 Å². The molecule has 3 aromatic rings. The second-order valence-electron chi connectivity index (χ2n) is 6.86. The number of aliphatic imine (C=N–C) groups is 1. The van der Waals surface area contributed by atoms with Crippen LogP contribution in [-0.2, 0) is 10.1 Å². The second-order valence-corrected chi connectivity index (χ2v) is 8.41. The molecule has 0 aliphatic heterocycles. The Morgan fingerprint density at radius 3 is 2.27 bits per heavy atom. The van der Waals surface area contributed by atoms with Crippen molar-refractivity contribution in [3.8, 4) is 5.75 Å². The standard InChI is InChI=1S/C22H20N2O5S/c1-15-4-11-21(17(3)12-15)23-14-18-6-8-19(9-7-18)29-30(27,28)20-10-5-16(2)22(13-20)24(25)26/h4-14H,1-3H3. The number of nitro benzene ring substituents is 1. The number of aryl methyl sites for hydroxylation is 3. The number of nitrogens with zero attached hydrogens (tertiary/aromatic N) is 2. The molecule has 0 aromatic heterocycles. The summed E-state index contributed by atoms with van der Waals surface area (Å²) in [5.74, 6) is 0.0990. The van der Waals surface area contributed by atoms with Gasteiger partial charge in [0.05, 0.1) is 10.6 Å². The Hall–Kier alpha value is -3.52. The molecule has 0 atom stereocenters. The fourth-order valence-corrected chi connectivity index (χ4v) is 3.77. The SMILES string of the molecule is Cc1ccc(N=Cc2ccc(OS(=O)(=O)c3ccc(C)c([N+](=O)[O-])c3)cc2)c(C)c1. The lowest BCUT2D eigenvalue weighted by Crippen LogP contribution is -2.10. The van der Waals surface area contributed by atoms with Crippen LogP contribution in [-0.4, -0.2) is 19.6 Å². The molecule has 0 N–H and O–H groups in total. The zero-order valence-electron chi connectivity index (χ0n) is 16.7. The summed E-state index contributed by atoms with van der Waals surface area (Å²) in [6.45, 7) is 5.53. The van der Waals surface area contributed by atoms with E-state index in [0.717, 1.165) is 28.4 Å². The summed E-state index contributed by atoms with van der Waals surface area (Å²) in [7, 11) is -4.20. The van der Waals surface area contributed by atoms with Crippen LogP contribution in [0.25, 0.3) is 0 Å². The third-order valence-electron chi connectivity index (χ3n) is 4.46. The van der Waals surface area contributed by atoms with Crippen molar-refractivity contribution in [1.82, 2.24) is 0 Å². The zero-order valence-corrected chi connectivity index (χ0v) is 17.5. The Morgan fingerprint density at radius 2 is 1.63 bits per heavy atom. The van der Waals surface area contributed by atoms with Gasteiger partial charge in [0.25, 0.3) is 5.69 Å². The van der Waals surface area contributed by atoms with Crippen molar-refractivity contribution in [3.63, 3.8) is 0 Å². The third kappa shape index (κ3) is 4.90. The van der Waals surface area contributed by atoms with Crippen LogP contribution in [0.15, 0.2) is 70.6 Å². The fraction of sp³-hybridized carbons (Fsp3) is 0.136. The normalized spacial score (nSPS) is 11.6. The quantitative estimate of drug-likeness (QED) is 0.239. The van der Waals surface area contributed by atoms with Crippen molar-refractivity contribution in [2.24, 2.45) is 4.99 Å². The van der Waals surface area contributed by atoms with Gasteiger partial charge in [0, 0.05) is 17.8 Å². The number of benzene rings is 3. The maximum atomic E-state index is 12.5. The molecule has 0 fully saturated rings. The molecule has 0 amide bonds. The molecular formula is C22H20N2O5S. The maximum Gasteiger partial charge on any atom is 0.339 e. The van der Waals surface area contributed by atoms with E-state index in [2.05, 4.69) is 4.99 Å². The smallest absolute Gasteiger partial charge is 0.339 e. The van der Waals surface area contributed by atoms with Crippen molar-refractivity contribution >= 4 is 27.7 Å². The Labute approximate surface area is 175 Å². The van der Waals surface area contributed by atoms with E-state index in [1.54, 1.807) is 18.3 Å². The first-order valence-electron chi connectivity index (χ1n) is 9.06. The molecule has 0 heterocycles. The van der Waals surface area contributed by atoms with Crippen molar-refractivity contribution in [1.29, 1.82) is 0 Å². The van der Waals surface area contributed by atoms with Crippen LogP contribution in [0, 0.1) is 30.9 Å². The monoisotopic (exact) mass is 424 g/mol. The maximum absolute atomic E-state index is 12.5. The first-order chi connectivity index (χ1) is 14.2. The molecular weight excluding hydrogens is 404 g/mol. The lowest BCUT2D eigenvalue weighted by molar-refractivity contribution is -0.385. The van der Waals surface area contributed by atoms with E-state index in [-0.39, 0.29) is 16.3 Å². The molecule has 0 aliphatic carbocycles. The number of rotatable bonds is 6. The molecule has 3 rings (SSSR count). The summed E-state index contributed by atoms with van der Waals surface area (Å²) in [4.78, 5) is 14.6. The van der Waals surface area contributed by atoms with Gasteiger partial charge < -0.3 is 4.18 Å². The van der Waals surface area contributed by atoms with Gasteiger partial charge in [-0.1, -0.05) is 23.8 Å². The minimum Gasteiger partial charge on any atom is -0.379 e. The van der Waals surface area contributed by atoms with Crippen molar-refractivity contribution in [2.45, 2.75) is 25.7 Å². The lowest BCUT2D eigenvalue weighted by atomic mass is 10.1. The first kappa shape index (κ1) is 21.2. The molecule has 0 saturated heterocycles. The van der Waals surface area contributed by atoms with Crippen LogP contribution in [0.2, 0.25) is 0 Å². The van der Waals surface area contributed by atoms with E-state index >= 15 is 0 Å². The van der Waals surface area contributed by atoms with Gasteiger partial charge in [-0.2, -0.15) is 8.42 Å². The van der Waals surface area contributed by atoms with Gasteiger partial charge in [-0.05, 0) is 68.3 Å². The summed E-state index contributed by atoms with van der Waals surface area (Å²) in [6, 6.07) is 16.0. The molecule has 0 radical (unpaired) electrons. The van der Waals surface area contributed by atoms with Gasteiger partial charge in [0.1, 0.15) is 10.6 Å². The second kappa shape index (κ2) is 8.46. The predicted octanol–water partition coefficient (Wildman–Crippen LogP) is 5.04. The highest BCUT2D eigenvalue weighted by molar-refractivity contribution is 7.87. The van der Waals surface area contributed by atoms with Crippen LogP contribution in [0.4, 0.5) is 11.4 Å². The average molecular weight is 424 g/mol. The van der Waals surface area contributed by atoms with Crippen molar-refractivity contribution in [2.75, 3.05) is 0 Å². The van der Waals surface area contributed by atoms with Crippen LogP contribution < -0.4 is 4.18 Å².